The van der Waals surface area contributed by atoms with Crippen LogP contribution < -0.4 is 5.32 Å². The van der Waals surface area contributed by atoms with Crippen molar-refractivity contribution in [1.82, 2.24) is 5.32 Å². The van der Waals surface area contributed by atoms with Gasteiger partial charge in [0.05, 0.1) is 11.2 Å². The number of hydrogen-bond acceptors (Lipinski definition) is 3. The molecule has 4 fully saturated rings. The molecule has 6 rings (SSSR count). The van der Waals surface area contributed by atoms with Gasteiger partial charge >= 0.3 is 0 Å². The Balaban J connectivity index is 1.36. The Hall–Kier alpha value is -2.53. The minimum absolute atomic E-state index is 0.0354. The number of ketones is 1. The molecule has 4 aliphatic carbocycles. The molecular weight excluding hydrogens is 393 g/mol. The van der Waals surface area contributed by atoms with Gasteiger partial charge in [-0.3, -0.25) is 9.59 Å². The van der Waals surface area contributed by atoms with E-state index in [1.54, 1.807) is 30.3 Å². The highest BCUT2D eigenvalue weighted by Crippen LogP contribution is 2.55. The fraction of sp³-hybridized carbons (Fsp3) is 0.462. The van der Waals surface area contributed by atoms with E-state index < -0.39 is 11.4 Å². The number of halogens is 1. The average Bonchev–Trinajstić information content (AvgIpc) is 2.74. The van der Waals surface area contributed by atoms with Crippen LogP contribution in [0.25, 0.3) is 0 Å². The molecule has 0 saturated heterocycles. The SMILES string of the molecule is CCc1cc(C(=O)c2ccccc2F)ccc1C(=O)N[C@H]1C2CC3CC1C[C@](O)(C3)C2. The standard InChI is InChI=1S/C26H28FNO3/c1-2-16-11-17(24(29)21-5-3-4-6-22(21)27)7-8-20(16)25(30)28-23-18-9-15-10-19(23)14-26(31,12-15)13-18/h3-8,11,15,18-19,23,31H,2,9-10,12-14H2,1H3,(H,28,30)/t15?,18?,19?,23-,26-. The summed E-state index contributed by atoms with van der Waals surface area (Å²) in [6, 6.07) is 11.1. The second-order valence-corrected chi connectivity index (χ2v) is 9.73. The van der Waals surface area contributed by atoms with Crippen molar-refractivity contribution in [3.63, 3.8) is 0 Å². The summed E-state index contributed by atoms with van der Waals surface area (Å²) in [4.78, 5) is 25.9. The maximum absolute atomic E-state index is 14.0. The van der Waals surface area contributed by atoms with Gasteiger partial charge in [0.25, 0.3) is 5.91 Å². The van der Waals surface area contributed by atoms with Gasteiger partial charge in [-0.1, -0.05) is 25.1 Å². The molecule has 2 atom stereocenters. The highest BCUT2D eigenvalue weighted by Gasteiger charge is 2.55. The number of aliphatic hydroxyl groups is 1. The Morgan fingerprint density at radius 3 is 2.42 bits per heavy atom. The summed E-state index contributed by atoms with van der Waals surface area (Å²) in [5, 5.41) is 14.0. The van der Waals surface area contributed by atoms with Crippen LogP contribution in [0.2, 0.25) is 0 Å². The second-order valence-electron chi connectivity index (χ2n) is 9.73. The predicted molar refractivity (Wildman–Crippen MR) is 115 cm³/mol. The first-order valence-corrected chi connectivity index (χ1v) is 11.3. The Morgan fingerprint density at radius 1 is 1.06 bits per heavy atom. The van der Waals surface area contributed by atoms with Gasteiger partial charge in [-0.05, 0) is 86.1 Å². The van der Waals surface area contributed by atoms with Crippen molar-refractivity contribution in [2.45, 2.75) is 57.1 Å². The number of carbonyl (C=O) groups excluding carboxylic acids is 2. The summed E-state index contributed by atoms with van der Waals surface area (Å²) >= 11 is 0. The fourth-order valence-electron chi connectivity index (χ4n) is 6.50. The Morgan fingerprint density at radius 2 is 1.77 bits per heavy atom. The molecule has 2 unspecified atom stereocenters. The summed E-state index contributed by atoms with van der Waals surface area (Å²) in [6.07, 6.45) is 5.24. The quantitative estimate of drug-likeness (QED) is 0.708. The molecule has 0 aromatic heterocycles. The van der Waals surface area contributed by atoms with Crippen LogP contribution in [0.5, 0.6) is 0 Å². The summed E-state index contributed by atoms with van der Waals surface area (Å²) in [6.45, 7) is 1.95. The van der Waals surface area contributed by atoms with Crippen molar-refractivity contribution >= 4 is 11.7 Å². The smallest absolute Gasteiger partial charge is 0.251 e. The minimum atomic E-state index is -0.545. The molecule has 5 heteroatoms. The van der Waals surface area contributed by atoms with E-state index in [0.717, 1.165) is 37.7 Å². The Labute approximate surface area is 181 Å². The third kappa shape index (κ3) is 3.59. The summed E-state index contributed by atoms with van der Waals surface area (Å²) < 4.78 is 14.0. The van der Waals surface area contributed by atoms with E-state index in [1.165, 1.54) is 12.1 Å². The molecule has 4 saturated carbocycles. The third-order valence-electron chi connectivity index (χ3n) is 7.65. The monoisotopic (exact) mass is 421 g/mol. The molecule has 0 spiro atoms. The maximum Gasteiger partial charge on any atom is 0.251 e. The molecule has 4 aliphatic rings. The van der Waals surface area contributed by atoms with E-state index in [0.29, 0.717) is 35.3 Å². The number of benzene rings is 2. The predicted octanol–water partition coefficient (Wildman–Crippen LogP) is 4.29. The number of hydrogen-bond donors (Lipinski definition) is 2. The van der Waals surface area contributed by atoms with Crippen LogP contribution in [-0.2, 0) is 6.42 Å². The van der Waals surface area contributed by atoms with Crippen LogP contribution in [0.1, 0.15) is 70.9 Å². The number of amides is 1. The molecule has 2 aromatic carbocycles. The lowest BCUT2D eigenvalue weighted by molar-refractivity contribution is -0.136. The van der Waals surface area contributed by atoms with Gasteiger partial charge in [0.1, 0.15) is 5.82 Å². The van der Waals surface area contributed by atoms with Gasteiger partial charge < -0.3 is 10.4 Å². The lowest BCUT2D eigenvalue weighted by Crippen LogP contribution is -2.61. The van der Waals surface area contributed by atoms with E-state index in [4.69, 9.17) is 0 Å². The van der Waals surface area contributed by atoms with Gasteiger partial charge in [-0.25, -0.2) is 4.39 Å². The zero-order valence-corrected chi connectivity index (χ0v) is 17.7. The van der Waals surface area contributed by atoms with Crippen molar-refractivity contribution in [3.05, 3.63) is 70.5 Å². The van der Waals surface area contributed by atoms with E-state index >= 15 is 0 Å². The molecule has 0 heterocycles. The van der Waals surface area contributed by atoms with E-state index in [9.17, 15) is 19.1 Å². The summed E-state index contributed by atoms with van der Waals surface area (Å²) in [7, 11) is 0. The van der Waals surface area contributed by atoms with Crippen molar-refractivity contribution in [2.75, 3.05) is 0 Å². The molecule has 4 bridgehead atoms. The van der Waals surface area contributed by atoms with Crippen LogP contribution in [0.15, 0.2) is 42.5 Å². The number of carbonyl (C=O) groups is 2. The Bertz CT molecular complexity index is 1030. The van der Waals surface area contributed by atoms with Crippen molar-refractivity contribution in [2.24, 2.45) is 17.8 Å². The third-order valence-corrected chi connectivity index (χ3v) is 7.65. The van der Waals surface area contributed by atoms with Crippen LogP contribution in [0, 0.1) is 23.6 Å². The topological polar surface area (TPSA) is 66.4 Å². The van der Waals surface area contributed by atoms with E-state index in [2.05, 4.69) is 5.32 Å². The molecular formula is C26H28FNO3. The Kier molecular flexibility index (Phi) is 4.97. The zero-order chi connectivity index (χ0) is 21.8. The molecule has 162 valence electrons. The summed E-state index contributed by atoms with van der Waals surface area (Å²) in [5.74, 6) is 0.223. The minimum Gasteiger partial charge on any atom is -0.390 e. The van der Waals surface area contributed by atoms with Crippen molar-refractivity contribution in [1.29, 1.82) is 0 Å². The van der Waals surface area contributed by atoms with Gasteiger partial charge in [0.15, 0.2) is 5.78 Å². The fourth-order valence-corrected chi connectivity index (χ4v) is 6.50. The molecule has 4 nitrogen and oxygen atoms in total. The first kappa shape index (κ1) is 20.4. The lowest BCUT2D eigenvalue weighted by Gasteiger charge is -2.58. The van der Waals surface area contributed by atoms with E-state index in [1.807, 2.05) is 6.92 Å². The highest BCUT2D eigenvalue weighted by atomic mass is 19.1. The van der Waals surface area contributed by atoms with Crippen LogP contribution in [0.4, 0.5) is 4.39 Å². The van der Waals surface area contributed by atoms with Crippen LogP contribution in [-0.4, -0.2) is 28.4 Å². The van der Waals surface area contributed by atoms with Gasteiger partial charge in [-0.15, -0.1) is 0 Å². The van der Waals surface area contributed by atoms with Crippen LogP contribution >= 0.6 is 0 Å². The largest absolute Gasteiger partial charge is 0.390 e. The lowest BCUT2D eigenvalue weighted by atomic mass is 9.52. The second kappa shape index (κ2) is 7.56. The molecule has 0 radical (unpaired) electrons. The maximum atomic E-state index is 14.0. The van der Waals surface area contributed by atoms with Gasteiger partial charge in [0.2, 0.25) is 0 Å². The summed E-state index contributed by atoms with van der Waals surface area (Å²) in [5.41, 5.74) is 1.24. The first-order chi connectivity index (χ1) is 14.9. The number of nitrogens with one attached hydrogen (secondary N) is 1. The van der Waals surface area contributed by atoms with Gasteiger partial charge in [-0.2, -0.15) is 0 Å². The number of rotatable bonds is 5. The molecule has 1 amide bonds. The van der Waals surface area contributed by atoms with Crippen molar-refractivity contribution in [3.8, 4) is 0 Å². The van der Waals surface area contributed by atoms with Crippen molar-refractivity contribution < 1.29 is 19.1 Å². The normalized spacial score (nSPS) is 30.9. The molecule has 2 aromatic rings. The molecule has 2 N–H and O–H groups in total. The molecule has 0 aliphatic heterocycles. The van der Waals surface area contributed by atoms with Crippen LogP contribution in [0.3, 0.4) is 0 Å². The molecule has 31 heavy (non-hydrogen) atoms. The first-order valence-electron chi connectivity index (χ1n) is 11.3. The number of aryl methyl sites for hydroxylation is 1. The van der Waals surface area contributed by atoms with E-state index in [-0.39, 0.29) is 23.3 Å². The van der Waals surface area contributed by atoms with Gasteiger partial charge in [0, 0.05) is 17.2 Å². The average molecular weight is 422 g/mol. The zero-order valence-electron chi connectivity index (χ0n) is 17.7. The highest BCUT2D eigenvalue weighted by molar-refractivity contribution is 6.10.